The fraction of sp³-hybridized carbons (Fsp3) is 0.188. The van der Waals surface area contributed by atoms with Crippen LogP contribution in [0.3, 0.4) is 0 Å². The van der Waals surface area contributed by atoms with Crippen LogP contribution in [-0.2, 0) is 4.79 Å². The summed E-state index contributed by atoms with van der Waals surface area (Å²) in [5, 5.41) is 0.651. The molecule has 1 fully saturated rings. The number of anilines is 1. The number of benzene rings is 2. The van der Waals surface area contributed by atoms with E-state index in [9.17, 15) is 4.79 Å². The second kappa shape index (κ2) is 4.93. The maximum Gasteiger partial charge on any atom is 0.247 e. The average Bonchev–Trinajstić information content (AvgIpc) is 2.43. The first-order chi connectivity index (χ1) is 9.58. The summed E-state index contributed by atoms with van der Waals surface area (Å²) in [7, 11) is 0. The van der Waals surface area contributed by atoms with Gasteiger partial charge in [-0.2, -0.15) is 0 Å². The number of rotatable bonds is 2. The second-order valence-corrected chi connectivity index (χ2v) is 5.51. The maximum atomic E-state index is 12.1. The van der Waals surface area contributed by atoms with E-state index in [1.165, 1.54) is 0 Å². The molecule has 0 aromatic heterocycles. The van der Waals surface area contributed by atoms with Gasteiger partial charge in [0.2, 0.25) is 5.91 Å². The number of carbonyl (C=O) groups excluding carboxylic acids is 1. The van der Waals surface area contributed by atoms with Crippen LogP contribution in [0.2, 0.25) is 5.02 Å². The van der Waals surface area contributed by atoms with Crippen molar-refractivity contribution in [3.05, 3.63) is 64.7 Å². The van der Waals surface area contributed by atoms with Crippen LogP contribution in [0.15, 0.2) is 48.5 Å². The van der Waals surface area contributed by atoms with Crippen LogP contribution in [0.25, 0.3) is 0 Å². The Labute approximate surface area is 123 Å². The lowest BCUT2D eigenvalue weighted by Gasteiger charge is -2.45. The van der Waals surface area contributed by atoms with Crippen LogP contribution in [0.5, 0.6) is 0 Å². The monoisotopic (exact) mass is 286 g/mol. The third-order valence-corrected chi connectivity index (χ3v) is 3.85. The Kier molecular flexibility index (Phi) is 3.24. The molecule has 0 saturated carbocycles. The molecule has 0 aliphatic carbocycles. The van der Waals surface area contributed by atoms with E-state index in [0.717, 1.165) is 16.8 Å². The van der Waals surface area contributed by atoms with Crippen molar-refractivity contribution in [2.24, 2.45) is 5.73 Å². The largest absolute Gasteiger partial charge is 0.318 e. The molecule has 3 nitrogen and oxygen atoms in total. The number of halogens is 1. The first-order valence-corrected chi connectivity index (χ1v) is 6.86. The van der Waals surface area contributed by atoms with Gasteiger partial charge in [0.15, 0.2) is 0 Å². The minimum Gasteiger partial charge on any atom is -0.318 e. The molecular formula is C16H15ClN2O. The smallest absolute Gasteiger partial charge is 0.247 e. The summed E-state index contributed by atoms with van der Waals surface area (Å²) < 4.78 is 0. The molecule has 4 heteroatoms. The Morgan fingerprint density at radius 3 is 2.60 bits per heavy atom. The Morgan fingerprint density at radius 2 is 1.90 bits per heavy atom. The molecule has 1 amide bonds. The molecule has 0 bridgehead atoms. The molecule has 2 aromatic carbocycles. The molecule has 2 N–H and O–H groups in total. The zero-order chi connectivity index (χ0) is 14.3. The van der Waals surface area contributed by atoms with Crippen LogP contribution in [0.1, 0.15) is 17.2 Å². The summed E-state index contributed by atoms with van der Waals surface area (Å²) in [6.07, 6.45) is 0. The molecule has 20 heavy (non-hydrogen) atoms. The van der Waals surface area contributed by atoms with Crippen molar-refractivity contribution < 1.29 is 4.79 Å². The van der Waals surface area contributed by atoms with Crippen LogP contribution in [0, 0.1) is 6.92 Å². The van der Waals surface area contributed by atoms with E-state index < -0.39 is 6.04 Å². The summed E-state index contributed by atoms with van der Waals surface area (Å²) in [5.41, 5.74) is 8.93. The van der Waals surface area contributed by atoms with Crippen molar-refractivity contribution in [1.29, 1.82) is 0 Å². The minimum absolute atomic E-state index is 0.0550. The maximum absolute atomic E-state index is 12.1. The van der Waals surface area contributed by atoms with Gasteiger partial charge in [-0.05, 0) is 42.3 Å². The third kappa shape index (κ3) is 2.09. The van der Waals surface area contributed by atoms with Gasteiger partial charge in [-0.25, -0.2) is 0 Å². The number of amides is 1. The van der Waals surface area contributed by atoms with Crippen molar-refractivity contribution >= 4 is 23.2 Å². The highest BCUT2D eigenvalue weighted by Crippen LogP contribution is 2.38. The summed E-state index contributed by atoms with van der Waals surface area (Å²) >= 11 is 6.03. The van der Waals surface area contributed by atoms with E-state index in [1.807, 2.05) is 55.5 Å². The normalized spacial score (nSPS) is 21.8. The van der Waals surface area contributed by atoms with Gasteiger partial charge >= 0.3 is 0 Å². The number of β-lactam (4-membered cyclic amide) rings is 1. The highest BCUT2D eigenvalue weighted by Gasteiger charge is 2.46. The topological polar surface area (TPSA) is 46.3 Å². The zero-order valence-corrected chi connectivity index (χ0v) is 11.8. The summed E-state index contributed by atoms with van der Waals surface area (Å²) in [6, 6.07) is 14.7. The minimum atomic E-state index is -0.506. The predicted molar refractivity (Wildman–Crippen MR) is 80.8 cm³/mol. The SMILES string of the molecule is Cc1cccc(N2C(=O)C(N)C2c2cccc(Cl)c2)c1. The molecule has 1 aliphatic rings. The number of aryl methyl sites for hydroxylation is 1. The lowest BCUT2D eigenvalue weighted by Crippen LogP contribution is -2.63. The van der Waals surface area contributed by atoms with Crippen LogP contribution in [-0.4, -0.2) is 11.9 Å². The van der Waals surface area contributed by atoms with Crippen LogP contribution in [0.4, 0.5) is 5.69 Å². The van der Waals surface area contributed by atoms with Gasteiger partial charge in [-0.1, -0.05) is 35.9 Å². The first kappa shape index (κ1) is 13.2. The number of nitrogens with zero attached hydrogens (tertiary/aromatic N) is 1. The number of hydrogen-bond acceptors (Lipinski definition) is 2. The summed E-state index contributed by atoms with van der Waals surface area (Å²) in [6.45, 7) is 2.00. The molecule has 2 unspecified atom stereocenters. The van der Waals surface area contributed by atoms with Crippen molar-refractivity contribution in [3.63, 3.8) is 0 Å². The first-order valence-electron chi connectivity index (χ1n) is 6.49. The van der Waals surface area contributed by atoms with Crippen molar-refractivity contribution in [1.82, 2.24) is 0 Å². The Morgan fingerprint density at radius 1 is 1.15 bits per heavy atom. The summed E-state index contributed by atoms with van der Waals surface area (Å²) in [4.78, 5) is 13.8. The van der Waals surface area contributed by atoms with Crippen molar-refractivity contribution in [3.8, 4) is 0 Å². The zero-order valence-electron chi connectivity index (χ0n) is 11.1. The third-order valence-electron chi connectivity index (χ3n) is 3.61. The van der Waals surface area contributed by atoms with E-state index in [-0.39, 0.29) is 11.9 Å². The van der Waals surface area contributed by atoms with Gasteiger partial charge in [0.1, 0.15) is 6.04 Å². The van der Waals surface area contributed by atoms with Gasteiger partial charge in [-0.15, -0.1) is 0 Å². The predicted octanol–water partition coefficient (Wildman–Crippen LogP) is 3.06. The van der Waals surface area contributed by atoms with E-state index in [0.29, 0.717) is 5.02 Å². The van der Waals surface area contributed by atoms with E-state index in [2.05, 4.69) is 0 Å². The lowest BCUT2D eigenvalue weighted by molar-refractivity contribution is -0.126. The van der Waals surface area contributed by atoms with Gasteiger partial charge in [0, 0.05) is 10.7 Å². The van der Waals surface area contributed by atoms with E-state index in [1.54, 1.807) is 4.90 Å². The number of carbonyl (C=O) groups is 1. The van der Waals surface area contributed by atoms with Crippen LogP contribution < -0.4 is 10.6 Å². The number of nitrogens with two attached hydrogens (primary N) is 1. The molecule has 1 saturated heterocycles. The summed E-state index contributed by atoms with van der Waals surface area (Å²) in [5.74, 6) is -0.0550. The molecule has 2 aromatic rings. The molecule has 1 heterocycles. The standard InChI is InChI=1S/C16H15ClN2O/c1-10-4-2-7-13(8-10)19-15(14(18)16(19)20)11-5-3-6-12(17)9-11/h2-9,14-15H,18H2,1H3. The molecule has 1 aliphatic heterocycles. The molecule has 0 radical (unpaired) electrons. The fourth-order valence-electron chi connectivity index (χ4n) is 2.62. The Balaban J connectivity index is 2.00. The Bertz CT molecular complexity index is 671. The van der Waals surface area contributed by atoms with Crippen LogP contribution >= 0.6 is 11.6 Å². The van der Waals surface area contributed by atoms with E-state index in [4.69, 9.17) is 17.3 Å². The van der Waals surface area contributed by atoms with Gasteiger partial charge in [0.25, 0.3) is 0 Å². The quantitative estimate of drug-likeness (QED) is 0.863. The highest BCUT2D eigenvalue weighted by molar-refractivity contribution is 6.30. The molecule has 3 rings (SSSR count). The van der Waals surface area contributed by atoms with Gasteiger partial charge in [-0.3, -0.25) is 4.79 Å². The van der Waals surface area contributed by atoms with Gasteiger partial charge in [0.05, 0.1) is 6.04 Å². The van der Waals surface area contributed by atoms with Gasteiger partial charge < -0.3 is 10.6 Å². The molecular weight excluding hydrogens is 272 g/mol. The lowest BCUT2D eigenvalue weighted by atomic mass is 9.88. The fourth-order valence-corrected chi connectivity index (χ4v) is 2.82. The van der Waals surface area contributed by atoms with Crippen molar-refractivity contribution in [2.75, 3.05) is 4.90 Å². The Hall–Kier alpha value is -1.84. The molecule has 0 spiro atoms. The average molecular weight is 287 g/mol. The second-order valence-electron chi connectivity index (χ2n) is 5.07. The molecule has 2 atom stereocenters. The number of hydrogen-bond donors (Lipinski definition) is 1. The molecule has 102 valence electrons. The van der Waals surface area contributed by atoms with E-state index >= 15 is 0 Å². The van der Waals surface area contributed by atoms with Crippen molar-refractivity contribution in [2.45, 2.75) is 19.0 Å². The highest BCUT2D eigenvalue weighted by atomic mass is 35.5.